The summed E-state index contributed by atoms with van der Waals surface area (Å²) >= 11 is 7.23. The van der Waals surface area contributed by atoms with Crippen molar-refractivity contribution in [2.75, 3.05) is 13.7 Å². The number of carbonyl (C=O) groups is 1. The van der Waals surface area contributed by atoms with Crippen molar-refractivity contribution >= 4 is 48.7 Å². The van der Waals surface area contributed by atoms with Crippen LogP contribution in [0.2, 0.25) is 0 Å². The van der Waals surface area contributed by atoms with Gasteiger partial charge in [0.25, 0.3) is 0 Å². The molecule has 4 N–H and O–H groups in total. The van der Waals surface area contributed by atoms with Crippen molar-refractivity contribution in [2.45, 2.75) is 56.4 Å². The lowest BCUT2D eigenvalue weighted by Gasteiger charge is -2.38. The van der Waals surface area contributed by atoms with Crippen molar-refractivity contribution in [1.29, 1.82) is 0 Å². The monoisotopic (exact) mass is 627 g/mol. The van der Waals surface area contributed by atoms with Gasteiger partial charge in [-0.3, -0.25) is 0 Å². The fraction of sp³-hybridized carbons (Fsp3) is 0.560. The number of rotatable bonds is 6. The molecule has 1 aromatic carbocycles. The van der Waals surface area contributed by atoms with E-state index in [9.17, 15) is 20.1 Å². The van der Waals surface area contributed by atoms with Gasteiger partial charge in [0.1, 0.15) is 29.8 Å². The zero-order valence-corrected chi connectivity index (χ0v) is 22.6. The van der Waals surface area contributed by atoms with E-state index in [2.05, 4.69) is 53.4 Å². The summed E-state index contributed by atoms with van der Waals surface area (Å²) in [4.78, 5) is 15.1. The van der Waals surface area contributed by atoms with Crippen molar-refractivity contribution < 1.29 is 39.1 Å². The summed E-state index contributed by atoms with van der Waals surface area (Å²) in [5.74, 6) is 8.29. The number of carbonyl (C=O) groups excluding carboxylic acids is 1. The maximum atomic E-state index is 12.0. The molecule has 3 aliphatic rings. The summed E-state index contributed by atoms with van der Waals surface area (Å²) in [6, 6.07) is 1.86. The van der Waals surface area contributed by atoms with Crippen LogP contribution in [0.1, 0.15) is 25.7 Å². The van der Waals surface area contributed by atoms with Gasteiger partial charge in [-0.05, 0) is 68.5 Å². The average molecular weight is 629 g/mol. The molecule has 0 bridgehead atoms. The number of ether oxygens (including phenoxy) is 4. The second-order valence-corrected chi connectivity index (χ2v) is 11.0. The third kappa shape index (κ3) is 4.75. The Kier molecular flexibility index (Phi) is 7.54. The fourth-order valence-electron chi connectivity index (χ4n) is 5.24. The van der Waals surface area contributed by atoms with Gasteiger partial charge >= 0.3 is 5.97 Å². The first-order valence-corrected chi connectivity index (χ1v) is 13.4. The van der Waals surface area contributed by atoms with E-state index >= 15 is 0 Å². The molecule has 194 valence electrons. The van der Waals surface area contributed by atoms with Crippen LogP contribution in [-0.2, 0) is 14.3 Å². The molecule has 2 heterocycles. The van der Waals surface area contributed by atoms with Gasteiger partial charge in [0.2, 0.25) is 6.29 Å². The number of hydrogen-bond acceptors (Lipinski definition) is 8. The summed E-state index contributed by atoms with van der Waals surface area (Å²) in [6.45, 7) is 0.591. The second-order valence-electron chi connectivity index (χ2n) is 9.35. The number of halogens is 2. The van der Waals surface area contributed by atoms with Gasteiger partial charge in [-0.1, -0.05) is 0 Å². The van der Waals surface area contributed by atoms with Gasteiger partial charge in [0, 0.05) is 19.0 Å². The van der Waals surface area contributed by atoms with Crippen LogP contribution in [0.15, 0.2) is 21.2 Å². The van der Waals surface area contributed by atoms with Gasteiger partial charge in [-0.15, -0.1) is 11.8 Å². The van der Waals surface area contributed by atoms with E-state index in [0.29, 0.717) is 45.7 Å². The lowest BCUT2D eigenvalue weighted by molar-refractivity contribution is -0.271. The van der Waals surface area contributed by atoms with Gasteiger partial charge in [-0.2, -0.15) is 0 Å². The molecule has 2 aromatic rings. The number of aromatic amines is 1. The number of nitrogens with one attached hydrogen (secondary N) is 1. The van der Waals surface area contributed by atoms with Crippen molar-refractivity contribution in [2.24, 2.45) is 17.8 Å². The summed E-state index contributed by atoms with van der Waals surface area (Å²) in [5, 5.41) is 31.4. The Hall–Kier alpha value is -1.81. The van der Waals surface area contributed by atoms with Gasteiger partial charge < -0.3 is 39.3 Å². The van der Waals surface area contributed by atoms with Gasteiger partial charge in [0.15, 0.2) is 6.10 Å². The molecule has 1 aliphatic heterocycles. The predicted molar refractivity (Wildman–Crippen MR) is 135 cm³/mol. The molecule has 9 nitrogen and oxygen atoms in total. The molecule has 0 spiro atoms. The first-order valence-electron chi connectivity index (χ1n) is 11.8. The largest absolute Gasteiger partial charge is 0.491 e. The summed E-state index contributed by atoms with van der Waals surface area (Å²) in [5.41, 5.74) is 0.719. The number of aliphatic hydroxyl groups is 3. The van der Waals surface area contributed by atoms with E-state index in [1.165, 1.54) is 0 Å². The number of H-pyrrole nitrogens is 1. The Balaban J connectivity index is 1.35. The molecule has 11 heteroatoms. The first-order chi connectivity index (χ1) is 17.3. The average Bonchev–Trinajstić information content (AvgIpc) is 3.31. The van der Waals surface area contributed by atoms with E-state index in [0.717, 1.165) is 42.8 Å². The zero-order valence-electron chi connectivity index (χ0n) is 19.4. The third-order valence-electron chi connectivity index (χ3n) is 7.29. The van der Waals surface area contributed by atoms with Crippen LogP contribution in [0, 0.1) is 29.6 Å². The van der Waals surface area contributed by atoms with Gasteiger partial charge in [0.05, 0.1) is 33.6 Å². The molecule has 0 radical (unpaired) electrons. The van der Waals surface area contributed by atoms with Crippen molar-refractivity contribution in [3.05, 3.63) is 21.2 Å². The number of aromatic nitrogens is 1. The molecule has 2 fully saturated rings. The lowest BCUT2D eigenvalue weighted by Crippen LogP contribution is -2.61. The number of hydrogen-bond donors (Lipinski definition) is 4. The quantitative estimate of drug-likeness (QED) is 0.284. The Morgan fingerprint density at radius 1 is 1.14 bits per heavy atom. The van der Waals surface area contributed by atoms with Gasteiger partial charge in [-0.25, -0.2) is 4.79 Å². The van der Waals surface area contributed by atoms with Crippen LogP contribution in [0.25, 0.3) is 10.9 Å². The summed E-state index contributed by atoms with van der Waals surface area (Å²) in [6.07, 6.45) is -2.20. The Morgan fingerprint density at radius 2 is 1.83 bits per heavy atom. The lowest BCUT2D eigenvalue weighted by atomic mass is 9.99. The predicted octanol–water partition coefficient (Wildman–Crippen LogP) is 2.87. The minimum Gasteiger partial charge on any atom is -0.491 e. The minimum absolute atomic E-state index is 0.302. The molecule has 5 rings (SSSR count). The smallest absolute Gasteiger partial charge is 0.337 e. The molecule has 1 unspecified atom stereocenters. The number of benzene rings is 1. The first kappa shape index (κ1) is 25.8. The highest BCUT2D eigenvalue weighted by Crippen LogP contribution is 2.53. The van der Waals surface area contributed by atoms with Crippen LogP contribution >= 0.6 is 31.9 Å². The van der Waals surface area contributed by atoms with Crippen molar-refractivity contribution in [1.82, 2.24) is 4.98 Å². The number of aliphatic hydroxyl groups excluding tert-OH is 3. The minimum atomic E-state index is -1.67. The molecule has 1 aromatic heterocycles. The van der Waals surface area contributed by atoms with Crippen LogP contribution in [0.4, 0.5) is 0 Å². The fourth-order valence-corrected chi connectivity index (χ4v) is 6.78. The maximum Gasteiger partial charge on any atom is 0.337 e. The standard InChI is InChI=1S/C25H27Br2NO8/c1-33-24(32)23-20(30)19(29)21(31)25(36-23)35-16-9-28-15-8-14(26)22(18(27)17(15)16)34-10-13-11-6-4-2-3-5-7-12(11)13/h8-9,11-13,19-21,23,25,28-31H,4-7,10H2,1H3/t11-,12+,13?,19-,20-,21+,23-,25+/m0/s1. The number of esters is 1. The molecule has 36 heavy (non-hydrogen) atoms. The van der Waals surface area contributed by atoms with E-state index in [1.807, 2.05) is 6.07 Å². The molecular formula is C25H27Br2NO8. The number of fused-ring (bicyclic) bond motifs is 2. The molecule has 8 atom stereocenters. The topological polar surface area (TPSA) is 130 Å². The Labute approximate surface area is 224 Å². The molecule has 1 saturated heterocycles. The molecular weight excluding hydrogens is 602 g/mol. The summed E-state index contributed by atoms with van der Waals surface area (Å²) in [7, 11) is 1.13. The van der Waals surface area contributed by atoms with Crippen LogP contribution in [-0.4, -0.2) is 70.7 Å². The van der Waals surface area contributed by atoms with E-state index in [1.54, 1.807) is 6.20 Å². The van der Waals surface area contributed by atoms with E-state index < -0.39 is 36.7 Å². The number of methoxy groups -OCH3 is 1. The molecule has 1 saturated carbocycles. The highest BCUT2D eigenvalue weighted by Gasteiger charge is 2.50. The normalized spacial score (nSPS) is 33.5. The maximum absolute atomic E-state index is 12.0. The summed E-state index contributed by atoms with van der Waals surface area (Å²) < 4.78 is 23.7. The van der Waals surface area contributed by atoms with Crippen molar-refractivity contribution in [3.63, 3.8) is 0 Å². The highest BCUT2D eigenvalue weighted by molar-refractivity contribution is 9.11. The third-order valence-corrected chi connectivity index (χ3v) is 8.63. The van der Waals surface area contributed by atoms with Crippen LogP contribution in [0.3, 0.4) is 0 Å². The van der Waals surface area contributed by atoms with Crippen LogP contribution in [0.5, 0.6) is 11.5 Å². The molecule has 0 amide bonds. The molecule has 2 aliphatic carbocycles. The zero-order chi connectivity index (χ0) is 25.6. The van der Waals surface area contributed by atoms with E-state index in [4.69, 9.17) is 14.2 Å². The van der Waals surface area contributed by atoms with Crippen molar-refractivity contribution in [3.8, 4) is 23.3 Å². The second kappa shape index (κ2) is 10.5. The van der Waals surface area contributed by atoms with E-state index in [-0.39, 0.29) is 0 Å². The highest BCUT2D eigenvalue weighted by atomic mass is 79.9. The Morgan fingerprint density at radius 3 is 2.50 bits per heavy atom. The SMILES string of the molecule is COC(=O)[C@H]1O[C@@H](Oc2c[nH]c3cc(Br)c(OCC4[C@H]5CCC#CCC[C@@H]45)c(Br)c23)[C@H](O)[C@@H](O)[C@@H]1O. The van der Waals surface area contributed by atoms with Crippen LogP contribution < -0.4 is 9.47 Å². The Bertz CT molecular complexity index is 1190.